The Morgan fingerprint density at radius 2 is 2.00 bits per heavy atom. The molecule has 124 valence electrons. The van der Waals surface area contributed by atoms with Crippen LogP contribution in [0.15, 0.2) is 24.3 Å². The van der Waals surface area contributed by atoms with Crippen molar-refractivity contribution in [2.24, 2.45) is 0 Å². The predicted octanol–water partition coefficient (Wildman–Crippen LogP) is 1.60. The maximum absolute atomic E-state index is 13.0. The highest BCUT2D eigenvalue weighted by Gasteiger charge is 2.36. The molecule has 1 aromatic carbocycles. The summed E-state index contributed by atoms with van der Waals surface area (Å²) in [6.45, 7) is 5.94. The standard InChI is InChI=1S/C18H24N2O3/c1-3-16-12-19(8-9-23-16)18(22)17-10-14-6-4-5-7-15(14)11-20(17)13(2)21/h4-7,16-17H,3,8-12H2,1-2H3. The smallest absolute Gasteiger partial charge is 0.245 e. The molecular formula is C18H24N2O3. The van der Waals surface area contributed by atoms with E-state index in [2.05, 4.69) is 13.0 Å². The zero-order chi connectivity index (χ0) is 16.4. The minimum atomic E-state index is -0.391. The van der Waals surface area contributed by atoms with E-state index in [1.807, 2.05) is 23.1 Å². The minimum Gasteiger partial charge on any atom is -0.375 e. The van der Waals surface area contributed by atoms with Gasteiger partial charge in [0, 0.05) is 33.0 Å². The second kappa shape index (κ2) is 6.71. The van der Waals surface area contributed by atoms with Crippen molar-refractivity contribution >= 4 is 11.8 Å². The summed E-state index contributed by atoms with van der Waals surface area (Å²) >= 11 is 0. The van der Waals surface area contributed by atoms with E-state index in [0.29, 0.717) is 32.7 Å². The summed E-state index contributed by atoms with van der Waals surface area (Å²) in [5, 5.41) is 0. The summed E-state index contributed by atoms with van der Waals surface area (Å²) < 4.78 is 5.65. The van der Waals surface area contributed by atoms with Crippen molar-refractivity contribution in [3.05, 3.63) is 35.4 Å². The van der Waals surface area contributed by atoms with Gasteiger partial charge in [-0.3, -0.25) is 9.59 Å². The van der Waals surface area contributed by atoms with Crippen LogP contribution in [0.4, 0.5) is 0 Å². The van der Waals surface area contributed by atoms with Crippen LogP contribution in [-0.4, -0.2) is 53.5 Å². The quantitative estimate of drug-likeness (QED) is 0.833. The van der Waals surface area contributed by atoms with E-state index in [4.69, 9.17) is 4.74 Å². The maximum atomic E-state index is 13.0. The van der Waals surface area contributed by atoms with Crippen molar-refractivity contribution < 1.29 is 14.3 Å². The first kappa shape index (κ1) is 16.0. The molecule has 0 bridgehead atoms. The van der Waals surface area contributed by atoms with Crippen LogP contribution in [0.1, 0.15) is 31.4 Å². The number of morpholine rings is 1. The molecule has 23 heavy (non-hydrogen) atoms. The first-order valence-electron chi connectivity index (χ1n) is 8.34. The second-order valence-corrected chi connectivity index (χ2v) is 6.32. The summed E-state index contributed by atoms with van der Waals surface area (Å²) in [7, 11) is 0. The Morgan fingerprint density at radius 3 is 2.70 bits per heavy atom. The fraction of sp³-hybridized carbons (Fsp3) is 0.556. The van der Waals surface area contributed by atoms with Crippen LogP contribution in [0.25, 0.3) is 0 Å². The number of benzene rings is 1. The van der Waals surface area contributed by atoms with Crippen LogP contribution in [0, 0.1) is 0 Å². The van der Waals surface area contributed by atoms with Gasteiger partial charge in [-0.1, -0.05) is 31.2 Å². The molecule has 2 aliphatic heterocycles. The molecule has 1 fully saturated rings. The van der Waals surface area contributed by atoms with Crippen molar-refractivity contribution in [1.29, 1.82) is 0 Å². The summed E-state index contributed by atoms with van der Waals surface area (Å²) in [6.07, 6.45) is 1.60. The Hall–Kier alpha value is -1.88. The predicted molar refractivity (Wildman–Crippen MR) is 86.8 cm³/mol. The monoisotopic (exact) mass is 316 g/mol. The zero-order valence-electron chi connectivity index (χ0n) is 13.8. The summed E-state index contributed by atoms with van der Waals surface area (Å²) in [5.74, 6) is 0.00890. The number of hydrogen-bond donors (Lipinski definition) is 0. The van der Waals surface area contributed by atoms with Gasteiger partial charge in [-0.05, 0) is 17.5 Å². The molecule has 1 aromatic rings. The average molecular weight is 316 g/mol. The van der Waals surface area contributed by atoms with Gasteiger partial charge in [-0.25, -0.2) is 0 Å². The third kappa shape index (κ3) is 3.24. The molecule has 0 saturated carbocycles. The second-order valence-electron chi connectivity index (χ2n) is 6.32. The lowest BCUT2D eigenvalue weighted by Crippen LogP contribution is -2.56. The highest BCUT2D eigenvalue weighted by Crippen LogP contribution is 2.25. The van der Waals surface area contributed by atoms with Crippen LogP contribution in [0.5, 0.6) is 0 Å². The van der Waals surface area contributed by atoms with E-state index in [1.165, 1.54) is 5.56 Å². The fourth-order valence-electron chi connectivity index (χ4n) is 3.45. The molecule has 2 heterocycles. The molecule has 0 spiro atoms. The van der Waals surface area contributed by atoms with Gasteiger partial charge in [0.15, 0.2) is 0 Å². The van der Waals surface area contributed by atoms with Crippen molar-refractivity contribution in [2.75, 3.05) is 19.7 Å². The Bertz CT molecular complexity index is 602. The van der Waals surface area contributed by atoms with E-state index in [9.17, 15) is 9.59 Å². The molecule has 5 heteroatoms. The number of hydrogen-bond acceptors (Lipinski definition) is 3. The lowest BCUT2D eigenvalue weighted by atomic mass is 9.93. The molecule has 5 nitrogen and oxygen atoms in total. The van der Waals surface area contributed by atoms with Crippen LogP contribution < -0.4 is 0 Å². The molecule has 1 saturated heterocycles. The molecule has 0 aliphatic carbocycles. The van der Waals surface area contributed by atoms with E-state index in [-0.39, 0.29) is 17.9 Å². The van der Waals surface area contributed by atoms with Crippen LogP contribution in [0.3, 0.4) is 0 Å². The maximum Gasteiger partial charge on any atom is 0.245 e. The van der Waals surface area contributed by atoms with Crippen molar-refractivity contribution in [2.45, 2.75) is 45.4 Å². The highest BCUT2D eigenvalue weighted by atomic mass is 16.5. The number of amides is 2. The van der Waals surface area contributed by atoms with Gasteiger partial charge >= 0.3 is 0 Å². The number of rotatable bonds is 2. The van der Waals surface area contributed by atoms with Gasteiger partial charge in [0.1, 0.15) is 6.04 Å². The zero-order valence-corrected chi connectivity index (χ0v) is 13.8. The largest absolute Gasteiger partial charge is 0.375 e. The van der Waals surface area contributed by atoms with E-state index in [0.717, 1.165) is 12.0 Å². The van der Waals surface area contributed by atoms with Gasteiger partial charge in [0.25, 0.3) is 0 Å². The fourth-order valence-corrected chi connectivity index (χ4v) is 3.45. The molecule has 2 aliphatic rings. The van der Waals surface area contributed by atoms with Gasteiger partial charge in [0.05, 0.1) is 12.7 Å². The van der Waals surface area contributed by atoms with Crippen LogP contribution in [0.2, 0.25) is 0 Å². The number of nitrogens with zero attached hydrogens (tertiary/aromatic N) is 2. The van der Waals surface area contributed by atoms with Crippen molar-refractivity contribution in [3.8, 4) is 0 Å². The van der Waals surface area contributed by atoms with Gasteiger partial charge < -0.3 is 14.5 Å². The molecule has 2 unspecified atom stereocenters. The van der Waals surface area contributed by atoms with Crippen molar-refractivity contribution in [3.63, 3.8) is 0 Å². The summed E-state index contributed by atoms with van der Waals surface area (Å²) in [4.78, 5) is 28.6. The molecule has 0 N–H and O–H groups in total. The SMILES string of the molecule is CCC1CN(C(=O)C2Cc3ccccc3CN2C(C)=O)CCO1. The van der Waals surface area contributed by atoms with Crippen molar-refractivity contribution in [1.82, 2.24) is 9.80 Å². The van der Waals surface area contributed by atoms with E-state index in [1.54, 1.807) is 11.8 Å². The molecular weight excluding hydrogens is 292 g/mol. The number of carbonyl (C=O) groups excluding carboxylic acids is 2. The average Bonchev–Trinajstić information content (AvgIpc) is 2.59. The topological polar surface area (TPSA) is 49.9 Å². The number of carbonyl (C=O) groups is 2. The van der Waals surface area contributed by atoms with Gasteiger partial charge in [0.2, 0.25) is 11.8 Å². The van der Waals surface area contributed by atoms with Crippen LogP contribution >= 0.6 is 0 Å². The lowest BCUT2D eigenvalue weighted by Gasteiger charge is -2.40. The molecule has 2 amide bonds. The first-order valence-corrected chi connectivity index (χ1v) is 8.34. The van der Waals surface area contributed by atoms with Crippen LogP contribution in [-0.2, 0) is 27.3 Å². The lowest BCUT2D eigenvalue weighted by molar-refractivity contribution is -0.151. The van der Waals surface area contributed by atoms with Gasteiger partial charge in [-0.15, -0.1) is 0 Å². The minimum absolute atomic E-state index is 0.0434. The van der Waals surface area contributed by atoms with E-state index < -0.39 is 6.04 Å². The Balaban J connectivity index is 1.81. The highest BCUT2D eigenvalue weighted by molar-refractivity contribution is 5.88. The molecule has 0 aromatic heterocycles. The third-order valence-electron chi connectivity index (χ3n) is 4.84. The number of ether oxygens (including phenoxy) is 1. The summed E-state index contributed by atoms with van der Waals surface area (Å²) in [6, 6.07) is 7.67. The molecule has 3 rings (SSSR count). The normalized spacial score (nSPS) is 24.3. The summed E-state index contributed by atoms with van der Waals surface area (Å²) in [5.41, 5.74) is 2.31. The third-order valence-corrected chi connectivity index (χ3v) is 4.84. The molecule has 0 radical (unpaired) electrons. The number of fused-ring (bicyclic) bond motifs is 1. The Kier molecular flexibility index (Phi) is 4.66. The first-order chi connectivity index (χ1) is 11.1. The van der Waals surface area contributed by atoms with Gasteiger partial charge in [-0.2, -0.15) is 0 Å². The Morgan fingerprint density at radius 1 is 1.26 bits per heavy atom. The van der Waals surface area contributed by atoms with E-state index >= 15 is 0 Å². The molecule has 2 atom stereocenters. The Labute approximate surface area is 137 Å².